The number of hydrogen-bond donors (Lipinski definition) is 0. The van der Waals surface area contributed by atoms with Crippen LogP contribution in [-0.4, -0.2) is 31.3 Å². The lowest BCUT2D eigenvalue weighted by Gasteiger charge is -2.29. The number of ketones is 1. The van der Waals surface area contributed by atoms with Gasteiger partial charge in [0.15, 0.2) is 5.78 Å². The van der Waals surface area contributed by atoms with Crippen molar-refractivity contribution in [2.24, 2.45) is 0 Å². The second-order valence-electron chi connectivity index (χ2n) is 12.0. The highest BCUT2D eigenvalue weighted by molar-refractivity contribution is 7.22. The number of carbonyl (C=O) groups excluding carboxylic acids is 1. The van der Waals surface area contributed by atoms with E-state index in [1.807, 2.05) is 76.5 Å². The lowest BCUT2D eigenvalue weighted by atomic mass is 9.85. The van der Waals surface area contributed by atoms with Crippen molar-refractivity contribution in [3.05, 3.63) is 83.0 Å². The number of halogens is 1. The lowest BCUT2D eigenvalue weighted by molar-refractivity contribution is -0.138. The van der Waals surface area contributed by atoms with Gasteiger partial charge in [0, 0.05) is 51.8 Å². The van der Waals surface area contributed by atoms with E-state index >= 15 is 0 Å². The molecule has 5 aromatic rings. The van der Waals surface area contributed by atoms with Gasteiger partial charge in [-0.3, -0.25) is 9.78 Å². The van der Waals surface area contributed by atoms with Crippen LogP contribution in [0, 0.1) is 6.92 Å². The van der Waals surface area contributed by atoms with Crippen LogP contribution in [0.25, 0.3) is 43.2 Å². The third kappa shape index (κ3) is 5.74. The maximum Gasteiger partial charge on any atom is 0.163 e. The van der Waals surface area contributed by atoms with Crippen LogP contribution in [0.5, 0.6) is 0 Å². The predicted molar refractivity (Wildman–Crippen MR) is 170 cm³/mol. The second-order valence-corrected chi connectivity index (χ2v) is 13.4. The first kappa shape index (κ1) is 28.6. The largest absolute Gasteiger partial charge is 0.360 e. The van der Waals surface area contributed by atoms with E-state index in [4.69, 9.17) is 21.3 Å². The van der Waals surface area contributed by atoms with Gasteiger partial charge in [-0.25, -0.2) is 15.0 Å². The quantitative estimate of drug-likeness (QED) is 0.186. The van der Waals surface area contributed by atoms with Crippen LogP contribution in [-0.2, 0) is 9.53 Å². The molecule has 214 valence electrons. The van der Waals surface area contributed by atoms with Gasteiger partial charge in [-0.05, 0) is 88.9 Å². The molecule has 42 heavy (non-hydrogen) atoms. The van der Waals surface area contributed by atoms with Crippen LogP contribution in [0.1, 0.15) is 75.9 Å². The third-order valence-electron chi connectivity index (χ3n) is 7.61. The van der Waals surface area contributed by atoms with Gasteiger partial charge in [-0.1, -0.05) is 30.2 Å². The summed E-state index contributed by atoms with van der Waals surface area (Å²) in [7, 11) is 0. The zero-order valence-corrected chi connectivity index (χ0v) is 26.0. The molecule has 0 unspecified atom stereocenters. The van der Waals surface area contributed by atoms with Crippen molar-refractivity contribution in [3.8, 4) is 33.0 Å². The Hall–Kier alpha value is -3.52. The summed E-state index contributed by atoms with van der Waals surface area (Å²) in [5.41, 5.74) is 6.72. The number of thiazole rings is 1. The fraction of sp³-hybridized carbons (Fsp3) is 0.324. The van der Waals surface area contributed by atoms with Crippen molar-refractivity contribution in [2.75, 3.05) is 0 Å². The predicted octanol–water partition coefficient (Wildman–Crippen LogP) is 9.16. The Morgan fingerprint density at radius 1 is 1.00 bits per heavy atom. The van der Waals surface area contributed by atoms with Crippen molar-refractivity contribution < 1.29 is 9.53 Å². The number of carbonyl (C=O) groups is 1. The molecule has 0 amide bonds. The van der Waals surface area contributed by atoms with Gasteiger partial charge in [0.2, 0.25) is 0 Å². The molecule has 0 radical (unpaired) electrons. The van der Waals surface area contributed by atoms with E-state index in [0.29, 0.717) is 10.9 Å². The Balaban J connectivity index is 1.48. The zero-order chi connectivity index (χ0) is 29.6. The van der Waals surface area contributed by atoms with Gasteiger partial charge in [-0.2, -0.15) is 0 Å². The minimum atomic E-state index is -0.721. The number of nitrogens with zero attached hydrogens (tertiary/aromatic N) is 4. The standard InChI is InChI=1S/C34H33ClN4O2S/c1-19-15-27-31(29(21-9-11-25(35)12-10-21)28(19)30(20(2)40)41-34(3,4)5)42-33(39-27)23-13-14-36-26(16-23)24-17-37-32(38-18-24)22-7-6-8-22/h9-18,22,30H,6-8H2,1-5H3/t30-/m1/s1. The Bertz CT molecular complexity index is 1770. The number of rotatable bonds is 7. The lowest BCUT2D eigenvalue weighted by Crippen LogP contribution is -2.27. The topological polar surface area (TPSA) is 77.9 Å². The summed E-state index contributed by atoms with van der Waals surface area (Å²) < 4.78 is 7.37. The SMILES string of the molecule is CC(=O)[C@@H](OC(C)(C)C)c1c(C)cc2nc(-c3ccnc(-c4cnc(C5CCC5)nc4)c3)sc2c1-c1ccc(Cl)cc1. The molecule has 3 heterocycles. The van der Waals surface area contributed by atoms with Gasteiger partial charge in [0.25, 0.3) is 0 Å². The second kappa shape index (κ2) is 11.3. The van der Waals surface area contributed by atoms with Crippen LogP contribution in [0.4, 0.5) is 0 Å². The molecular formula is C34H33ClN4O2S. The van der Waals surface area contributed by atoms with Crippen LogP contribution in [0.2, 0.25) is 5.02 Å². The number of pyridine rings is 1. The van der Waals surface area contributed by atoms with Gasteiger partial charge in [-0.15, -0.1) is 11.3 Å². The number of Topliss-reactive ketones (excluding diaryl/α,β-unsaturated/α-hetero) is 1. The summed E-state index contributed by atoms with van der Waals surface area (Å²) in [6.45, 7) is 9.52. The number of ether oxygens (including phenoxy) is 1. The average Bonchev–Trinajstić information content (AvgIpc) is 3.34. The Morgan fingerprint density at radius 3 is 2.33 bits per heavy atom. The van der Waals surface area contributed by atoms with Crippen molar-refractivity contribution in [3.63, 3.8) is 0 Å². The van der Waals surface area contributed by atoms with E-state index < -0.39 is 11.7 Å². The Kier molecular flexibility index (Phi) is 7.68. The van der Waals surface area contributed by atoms with Crippen molar-refractivity contribution >= 4 is 38.9 Å². The molecule has 1 aliphatic rings. The summed E-state index contributed by atoms with van der Waals surface area (Å²) in [5, 5.41) is 1.51. The summed E-state index contributed by atoms with van der Waals surface area (Å²) in [6.07, 6.45) is 8.41. The number of benzene rings is 2. The molecule has 0 N–H and O–H groups in total. The molecule has 6 rings (SSSR count). The molecule has 0 saturated heterocycles. The number of aromatic nitrogens is 4. The summed E-state index contributed by atoms with van der Waals surface area (Å²) in [4.78, 5) is 32.0. The number of fused-ring (bicyclic) bond motifs is 1. The molecule has 6 nitrogen and oxygen atoms in total. The van der Waals surface area contributed by atoms with Crippen LogP contribution < -0.4 is 0 Å². The highest BCUT2D eigenvalue weighted by atomic mass is 35.5. The molecule has 8 heteroatoms. The van der Waals surface area contributed by atoms with E-state index in [1.165, 1.54) is 19.3 Å². The molecule has 0 aliphatic heterocycles. The fourth-order valence-electron chi connectivity index (χ4n) is 5.34. The first-order valence-corrected chi connectivity index (χ1v) is 15.4. The zero-order valence-electron chi connectivity index (χ0n) is 24.4. The fourth-order valence-corrected chi connectivity index (χ4v) is 6.59. The van der Waals surface area contributed by atoms with Gasteiger partial charge in [0.05, 0.1) is 21.5 Å². The van der Waals surface area contributed by atoms with Gasteiger partial charge >= 0.3 is 0 Å². The average molecular weight is 597 g/mol. The molecule has 2 aromatic carbocycles. The van der Waals surface area contributed by atoms with E-state index in [0.717, 1.165) is 60.1 Å². The summed E-state index contributed by atoms with van der Waals surface area (Å²) in [5.74, 6) is 1.37. The molecular weight excluding hydrogens is 564 g/mol. The van der Waals surface area contributed by atoms with Crippen LogP contribution >= 0.6 is 22.9 Å². The van der Waals surface area contributed by atoms with Gasteiger partial charge < -0.3 is 4.74 Å². The molecule has 1 atom stereocenters. The Labute approximate surface area is 255 Å². The maximum atomic E-state index is 13.1. The van der Waals surface area contributed by atoms with E-state index in [2.05, 4.69) is 21.0 Å². The highest BCUT2D eigenvalue weighted by Crippen LogP contribution is 2.44. The van der Waals surface area contributed by atoms with Crippen molar-refractivity contribution in [2.45, 2.75) is 71.5 Å². The minimum absolute atomic E-state index is 0.0448. The van der Waals surface area contributed by atoms with Crippen molar-refractivity contribution in [1.29, 1.82) is 0 Å². The molecule has 3 aromatic heterocycles. The smallest absolute Gasteiger partial charge is 0.163 e. The number of aryl methyl sites for hydroxylation is 1. The molecule has 1 fully saturated rings. The third-order valence-corrected chi connectivity index (χ3v) is 9.00. The molecule has 1 aliphatic carbocycles. The molecule has 0 spiro atoms. The monoisotopic (exact) mass is 596 g/mol. The van der Waals surface area contributed by atoms with Crippen molar-refractivity contribution in [1.82, 2.24) is 19.9 Å². The number of hydrogen-bond acceptors (Lipinski definition) is 7. The van der Waals surface area contributed by atoms with E-state index in [-0.39, 0.29) is 5.78 Å². The first-order chi connectivity index (χ1) is 20.1. The maximum absolute atomic E-state index is 13.1. The van der Waals surface area contributed by atoms with E-state index in [9.17, 15) is 4.79 Å². The molecule has 1 saturated carbocycles. The van der Waals surface area contributed by atoms with Crippen LogP contribution in [0.15, 0.2) is 61.1 Å². The Morgan fingerprint density at radius 2 is 1.71 bits per heavy atom. The minimum Gasteiger partial charge on any atom is -0.360 e. The summed E-state index contributed by atoms with van der Waals surface area (Å²) >= 11 is 7.87. The normalized spacial score (nSPS) is 14.6. The van der Waals surface area contributed by atoms with Crippen LogP contribution in [0.3, 0.4) is 0 Å². The van der Waals surface area contributed by atoms with E-state index in [1.54, 1.807) is 24.5 Å². The summed E-state index contributed by atoms with van der Waals surface area (Å²) in [6, 6.07) is 13.8. The van der Waals surface area contributed by atoms with Gasteiger partial charge in [0.1, 0.15) is 16.9 Å². The highest BCUT2D eigenvalue weighted by Gasteiger charge is 2.30. The molecule has 0 bridgehead atoms. The first-order valence-electron chi connectivity index (χ1n) is 14.2.